The van der Waals surface area contributed by atoms with Gasteiger partial charge in [0.05, 0.1) is 23.9 Å². The lowest BCUT2D eigenvalue weighted by molar-refractivity contribution is -0.173. The molecular formula is C29H34N6O8P+. The molecule has 232 valence electrons. The molecule has 1 aliphatic rings. The van der Waals surface area contributed by atoms with Gasteiger partial charge in [-0.15, -0.1) is 4.52 Å². The molecule has 0 spiro atoms. The lowest BCUT2D eigenvalue weighted by Crippen LogP contribution is -2.49. The molecule has 15 heteroatoms. The number of carbonyl (C=O) groups is 2. The van der Waals surface area contributed by atoms with E-state index < -0.39 is 62.5 Å². The summed E-state index contributed by atoms with van der Waals surface area (Å²) in [6.07, 6.45) is -1.10. The van der Waals surface area contributed by atoms with Gasteiger partial charge >= 0.3 is 20.2 Å². The van der Waals surface area contributed by atoms with E-state index in [1.807, 2.05) is 20.2 Å². The molecule has 3 aromatic rings. The monoisotopic (exact) mass is 625 g/mol. The maximum absolute atomic E-state index is 13.0. The minimum absolute atomic E-state index is 0.281. The molecule has 1 aliphatic heterocycles. The first kappa shape index (κ1) is 32.5. The zero-order valence-corrected chi connectivity index (χ0v) is 26.1. The van der Waals surface area contributed by atoms with Crippen LogP contribution in [0.1, 0.15) is 39.5 Å². The summed E-state index contributed by atoms with van der Waals surface area (Å²) < 4.78 is 43.1. The SMILES string of the molecule is CC(C)C(=O)O[C@H]1[C@H](c2ccc3c(N=CN(C)C)ncnn23)O[C@](C#N)(CO[P+](=O)Oc2ccccc2)[C@H]1OC(=O)C(C)C. The van der Waals surface area contributed by atoms with Gasteiger partial charge in [0.2, 0.25) is 5.60 Å². The highest BCUT2D eigenvalue weighted by Gasteiger charge is 2.63. The van der Waals surface area contributed by atoms with Gasteiger partial charge in [0.15, 0.2) is 30.4 Å². The minimum Gasteiger partial charge on any atom is -0.455 e. The summed E-state index contributed by atoms with van der Waals surface area (Å²) in [5.41, 5.74) is -1.21. The quantitative estimate of drug-likeness (QED) is 0.122. The summed E-state index contributed by atoms with van der Waals surface area (Å²) in [5, 5.41) is 14.9. The van der Waals surface area contributed by atoms with Crippen LogP contribution in [0.5, 0.6) is 5.75 Å². The Balaban J connectivity index is 1.77. The average Bonchev–Trinajstić information content (AvgIpc) is 3.55. The van der Waals surface area contributed by atoms with Crippen molar-refractivity contribution in [2.45, 2.75) is 51.6 Å². The van der Waals surface area contributed by atoms with E-state index in [9.17, 15) is 19.4 Å². The molecule has 1 unspecified atom stereocenters. The fourth-order valence-electron chi connectivity index (χ4n) is 4.24. The number of rotatable bonds is 12. The summed E-state index contributed by atoms with van der Waals surface area (Å²) in [6.45, 7) is 5.87. The van der Waals surface area contributed by atoms with E-state index >= 15 is 0 Å². The van der Waals surface area contributed by atoms with Crippen molar-refractivity contribution in [2.75, 3.05) is 20.7 Å². The average molecular weight is 626 g/mol. The van der Waals surface area contributed by atoms with Crippen molar-refractivity contribution in [3.8, 4) is 11.8 Å². The van der Waals surface area contributed by atoms with E-state index in [-0.39, 0.29) is 5.75 Å². The molecule has 1 fully saturated rings. The summed E-state index contributed by atoms with van der Waals surface area (Å²) >= 11 is 0. The second-order valence-electron chi connectivity index (χ2n) is 10.9. The maximum Gasteiger partial charge on any atom is 0.750 e. The van der Waals surface area contributed by atoms with Crippen LogP contribution in [0.2, 0.25) is 0 Å². The molecule has 0 saturated carbocycles. The fraction of sp³-hybridized carbons (Fsp3) is 0.448. The highest BCUT2D eigenvalue weighted by molar-refractivity contribution is 7.33. The summed E-state index contributed by atoms with van der Waals surface area (Å²) in [6, 6.07) is 13.7. The second kappa shape index (κ2) is 13.9. The fourth-order valence-corrected chi connectivity index (χ4v) is 4.88. The van der Waals surface area contributed by atoms with Crippen molar-refractivity contribution in [3.05, 3.63) is 54.5 Å². The molecule has 0 radical (unpaired) electrons. The molecule has 0 bridgehead atoms. The zero-order valence-electron chi connectivity index (χ0n) is 25.2. The number of benzene rings is 1. The van der Waals surface area contributed by atoms with E-state index in [1.54, 1.807) is 81.4 Å². The van der Waals surface area contributed by atoms with E-state index in [2.05, 4.69) is 15.1 Å². The number of ether oxygens (including phenoxy) is 3. The predicted octanol–water partition coefficient (Wildman–Crippen LogP) is 4.17. The van der Waals surface area contributed by atoms with Crippen LogP contribution in [0.4, 0.5) is 5.82 Å². The van der Waals surface area contributed by atoms with Gasteiger partial charge in [0, 0.05) is 18.7 Å². The molecule has 1 aromatic carbocycles. The van der Waals surface area contributed by atoms with Gasteiger partial charge in [-0.05, 0) is 24.3 Å². The molecule has 3 heterocycles. The highest BCUT2D eigenvalue weighted by Crippen LogP contribution is 2.46. The van der Waals surface area contributed by atoms with Crippen LogP contribution in [-0.4, -0.2) is 76.3 Å². The summed E-state index contributed by atoms with van der Waals surface area (Å²) in [4.78, 5) is 36.2. The number of esters is 2. The molecule has 14 nitrogen and oxygen atoms in total. The van der Waals surface area contributed by atoms with Crippen LogP contribution in [-0.2, 0) is 32.9 Å². The summed E-state index contributed by atoms with van der Waals surface area (Å²) in [5.74, 6) is -1.81. The Labute approximate surface area is 255 Å². The van der Waals surface area contributed by atoms with Gasteiger partial charge in [-0.25, -0.2) is 19.0 Å². The van der Waals surface area contributed by atoms with Crippen LogP contribution in [0.15, 0.2) is 53.8 Å². The third-order valence-corrected chi connectivity index (χ3v) is 7.19. The van der Waals surface area contributed by atoms with E-state index in [0.717, 1.165) is 0 Å². The van der Waals surface area contributed by atoms with E-state index in [0.29, 0.717) is 17.0 Å². The third-order valence-electron chi connectivity index (χ3n) is 6.49. The number of aromatic nitrogens is 3. The number of carbonyl (C=O) groups excluding carboxylic acids is 2. The minimum atomic E-state index is -2.78. The van der Waals surface area contributed by atoms with Crippen molar-refractivity contribution >= 4 is 37.9 Å². The first-order valence-corrected chi connectivity index (χ1v) is 14.9. The lowest BCUT2D eigenvalue weighted by atomic mass is 9.95. The highest BCUT2D eigenvalue weighted by atomic mass is 31.1. The van der Waals surface area contributed by atoms with Crippen molar-refractivity contribution in [3.63, 3.8) is 0 Å². The van der Waals surface area contributed by atoms with Gasteiger partial charge in [-0.2, -0.15) is 10.4 Å². The van der Waals surface area contributed by atoms with Crippen molar-refractivity contribution < 1.29 is 37.4 Å². The molecular weight excluding hydrogens is 591 g/mol. The Kier molecular flexibility index (Phi) is 10.3. The maximum atomic E-state index is 13.0. The molecule has 4 rings (SSSR count). The predicted molar refractivity (Wildman–Crippen MR) is 157 cm³/mol. The summed E-state index contributed by atoms with van der Waals surface area (Å²) in [7, 11) is 0.843. The molecule has 0 N–H and O–H groups in total. The molecule has 0 amide bonds. The number of hydrogen-bond acceptors (Lipinski definition) is 12. The first-order valence-electron chi connectivity index (χ1n) is 13.8. The van der Waals surface area contributed by atoms with Crippen molar-refractivity contribution in [2.24, 2.45) is 16.8 Å². The third kappa shape index (κ3) is 7.19. The Morgan fingerprint density at radius 2 is 1.82 bits per heavy atom. The van der Waals surface area contributed by atoms with Crippen LogP contribution >= 0.6 is 8.25 Å². The van der Waals surface area contributed by atoms with Gasteiger partial charge in [0.25, 0.3) is 0 Å². The number of aliphatic imine (C=N–C) groups is 1. The number of nitriles is 1. The standard InChI is InChI=1S/C29H34N6O8P/c1-18(2)27(36)40-24-23(21-12-13-22-26(32-17-34(5)6)31-16-33-35(21)22)42-29(14-30,25(24)41-28(37)19(3)4)15-39-44(38)43-20-10-8-7-9-11-20/h7-13,16-19,23-25H,15H2,1-6H3/q+1/t23-,24-,25-,29+/m0/s1. The Morgan fingerprint density at radius 3 is 2.45 bits per heavy atom. The molecule has 44 heavy (non-hydrogen) atoms. The normalized spacial score (nSPS) is 21.9. The molecule has 5 atom stereocenters. The molecule has 2 aromatic heterocycles. The molecule has 1 saturated heterocycles. The van der Waals surface area contributed by atoms with Gasteiger partial charge in [-0.1, -0.05) is 45.9 Å². The lowest BCUT2D eigenvalue weighted by Gasteiger charge is -2.28. The topological polar surface area (TPSA) is 167 Å². The van der Waals surface area contributed by atoms with E-state index in [4.69, 9.17) is 23.3 Å². The van der Waals surface area contributed by atoms with Gasteiger partial charge in [0.1, 0.15) is 24.0 Å². The Morgan fingerprint density at radius 1 is 1.14 bits per heavy atom. The van der Waals surface area contributed by atoms with E-state index in [1.165, 1.54) is 10.8 Å². The Bertz CT molecular complexity index is 1570. The molecule has 0 aliphatic carbocycles. The first-order chi connectivity index (χ1) is 21.0. The smallest absolute Gasteiger partial charge is 0.455 e. The van der Waals surface area contributed by atoms with Crippen LogP contribution < -0.4 is 4.52 Å². The van der Waals surface area contributed by atoms with Crippen molar-refractivity contribution in [1.29, 1.82) is 5.26 Å². The van der Waals surface area contributed by atoms with Crippen molar-refractivity contribution in [1.82, 2.24) is 19.5 Å². The van der Waals surface area contributed by atoms with Crippen LogP contribution in [0.3, 0.4) is 0 Å². The zero-order chi connectivity index (χ0) is 32.0. The second-order valence-corrected chi connectivity index (χ2v) is 11.7. The van der Waals surface area contributed by atoms with Crippen LogP contribution in [0, 0.1) is 23.2 Å². The number of hydrogen-bond donors (Lipinski definition) is 0. The number of nitrogens with zero attached hydrogens (tertiary/aromatic N) is 6. The largest absolute Gasteiger partial charge is 0.750 e. The van der Waals surface area contributed by atoms with Gasteiger partial charge < -0.3 is 19.1 Å². The Hall–Kier alpha value is -4.44. The number of para-hydroxylation sites is 1. The number of fused-ring (bicyclic) bond motifs is 1. The van der Waals surface area contributed by atoms with Crippen LogP contribution in [0.25, 0.3) is 5.52 Å². The van der Waals surface area contributed by atoms with Gasteiger partial charge in [-0.3, -0.25) is 9.59 Å².